The molecule has 1 aliphatic heterocycles. The first-order chi connectivity index (χ1) is 12.3. The van der Waals surface area contributed by atoms with E-state index in [1.165, 1.54) is 0 Å². The van der Waals surface area contributed by atoms with Gasteiger partial charge in [0, 0.05) is 24.9 Å². The number of aromatic nitrogens is 4. The Morgan fingerprint density at radius 2 is 2.08 bits per heavy atom. The van der Waals surface area contributed by atoms with Gasteiger partial charge in [-0.25, -0.2) is 9.97 Å². The lowest BCUT2D eigenvalue weighted by atomic mass is 10.1. The zero-order chi connectivity index (χ0) is 18.5. The maximum Gasteiger partial charge on any atom is 0.419 e. The predicted molar refractivity (Wildman–Crippen MR) is 85.9 cm³/mol. The molecule has 26 heavy (non-hydrogen) atoms. The van der Waals surface area contributed by atoms with Crippen LogP contribution in [0.15, 0.2) is 12.4 Å². The molecule has 1 atom stereocenters. The summed E-state index contributed by atoms with van der Waals surface area (Å²) in [6, 6.07) is -0.375. The lowest BCUT2D eigenvalue weighted by Gasteiger charge is -2.12. The third-order valence-electron chi connectivity index (χ3n) is 4.59. The van der Waals surface area contributed by atoms with Crippen LogP contribution in [0, 0.1) is 6.92 Å². The minimum absolute atomic E-state index is 0.0372. The van der Waals surface area contributed by atoms with Gasteiger partial charge >= 0.3 is 6.18 Å². The van der Waals surface area contributed by atoms with Crippen molar-refractivity contribution in [3.05, 3.63) is 29.3 Å². The maximum absolute atomic E-state index is 13.1. The zero-order valence-corrected chi connectivity index (χ0v) is 14.0. The first kappa shape index (κ1) is 16.8. The average molecular weight is 366 g/mol. The quantitative estimate of drug-likeness (QED) is 0.869. The van der Waals surface area contributed by atoms with E-state index >= 15 is 0 Å². The van der Waals surface area contributed by atoms with Crippen LogP contribution in [0.1, 0.15) is 48.2 Å². The van der Waals surface area contributed by atoms with Crippen LogP contribution in [0.2, 0.25) is 0 Å². The molecule has 3 heterocycles. The van der Waals surface area contributed by atoms with E-state index in [1.54, 1.807) is 17.8 Å². The van der Waals surface area contributed by atoms with E-state index in [9.17, 15) is 18.0 Å². The highest BCUT2D eigenvalue weighted by atomic mass is 19.4. The predicted octanol–water partition coefficient (Wildman–Crippen LogP) is 2.68. The van der Waals surface area contributed by atoms with Gasteiger partial charge in [0.15, 0.2) is 0 Å². The standard InChI is InChI=1S/C16H17F3N6O/c1-8-11(7-25(24-8)12-4-5-20-14(12)26)22-15-21-6-10(16(17,18)19)13(23-15)9-2-3-9/h6-7,9,12H,2-5H2,1H3,(H,20,26)(H,21,22,23)/t12-/m0/s1. The van der Waals surface area contributed by atoms with Crippen LogP contribution in [-0.2, 0) is 11.0 Å². The van der Waals surface area contributed by atoms with Gasteiger partial charge in [0.2, 0.25) is 11.9 Å². The minimum Gasteiger partial charge on any atom is -0.354 e. The normalized spacial score (nSPS) is 20.3. The van der Waals surface area contributed by atoms with Gasteiger partial charge in [-0.2, -0.15) is 18.3 Å². The number of carbonyl (C=O) groups is 1. The molecule has 1 aliphatic carbocycles. The number of amides is 1. The fraction of sp³-hybridized carbons (Fsp3) is 0.500. The van der Waals surface area contributed by atoms with Crippen molar-refractivity contribution in [2.45, 2.75) is 44.3 Å². The summed E-state index contributed by atoms with van der Waals surface area (Å²) in [6.45, 7) is 2.34. The summed E-state index contributed by atoms with van der Waals surface area (Å²) in [7, 11) is 0. The second-order valence-electron chi connectivity index (χ2n) is 6.59. The highest BCUT2D eigenvalue weighted by Gasteiger charge is 2.40. The van der Waals surface area contributed by atoms with Gasteiger partial charge in [0.25, 0.3) is 0 Å². The minimum atomic E-state index is -4.47. The van der Waals surface area contributed by atoms with Gasteiger partial charge in [-0.15, -0.1) is 0 Å². The van der Waals surface area contributed by atoms with Gasteiger partial charge in [-0.1, -0.05) is 0 Å². The molecule has 0 unspecified atom stereocenters. The molecule has 1 saturated carbocycles. The van der Waals surface area contributed by atoms with Crippen molar-refractivity contribution < 1.29 is 18.0 Å². The Morgan fingerprint density at radius 1 is 1.31 bits per heavy atom. The molecule has 7 nitrogen and oxygen atoms in total. The fourth-order valence-electron chi connectivity index (χ4n) is 3.06. The summed E-state index contributed by atoms with van der Waals surface area (Å²) in [5, 5.41) is 9.99. The van der Waals surface area contributed by atoms with Crippen LogP contribution < -0.4 is 10.6 Å². The number of alkyl halides is 3. The summed E-state index contributed by atoms with van der Waals surface area (Å²) in [5.41, 5.74) is 0.434. The zero-order valence-electron chi connectivity index (χ0n) is 14.0. The molecule has 10 heteroatoms. The number of hydrogen-bond donors (Lipinski definition) is 2. The van der Waals surface area contributed by atoms with Gasteiger partial charge in [0.05, 0.1) is 22.6 Å². The Kier molecular flexibility index (Phi) is 3.85. The largest absolute Gasteiger partial charge is 0.419 e. The van der Waals surface area contributed by atoms with Crippen LogP contribution in [0.25, 0.3) is 0 Å². The van der Waals surface area contributed by atoms with E-state index < -0.39 is 11.7 Å². The Labute approximate surface area is 147 Å². The van der Waals surface area contributed by atoms with Crippen molar-refractivity contribution in [3.63, 3.8) is 0 Å². The molecule has 1 saturated heterocycles. The third-order valence-corrected chi connectivity index (χ3v) is 4.59. The maximum atomic E-state index is 13.1. The lowest BCUT2D eigenvalue weighted by Crippen LogP contribution is -2.22. The van der Waals surface area contributed by atoms with Gasteiger partial charge in [-0.3, -0.25) is 9.48 Å². The number of halogens is 3. The number of nitrogens with one attached hydrogen (secondary N) is 2. The Balaban J connectivity index is 1.61. The van der Waals surface area contributed by atoms with Gasteiger partial charge < -0.3 is 10.6 Å². The average Bonchev–Trinajstić information content (AvgIpc) is 3.24. The van der Waals surface area contributed by atoms with Gasteiger partial charge in [-0.05, 0) is 26.2 Å². The lowest BCUT2D eigenvalue weighted by molar-refractivity contribution is -0.138. The SMILES string of the molecule is Cc1nn([C@H]2CCNC2=O)cc1Nc1ncc(C(F)(F)F)c(C2CC2)n1. The summed E-state index contributed by atoms with van der Waals surface area (Å²) >= 11 is 0. The summed E-state index contributed by atoms with van der Waals surface area (Å²) in [6.07, 6.45) is 0.0611. The molecule has 2 aromatic heterocycles. The summed E-state index contributed by atoms with van der Waals surface area (Å²) in [5.74, 6) is -0.166. The van der Waals surface area contributed by atoms with E-state index in [1.807, 2.05) is 0 Å². The molecule has 0 radical (unpaired) electrons. The summed E-state index contributed by atoms with van der Waals surface area (Å²) in [4.78, 5) is 19.7. The van der Waals surface area contributed by atoms with Crippen LogP contribution in [0.4, 0.5) is 24.8 Å². The van der Waals surface area contributed by atoms with Gasteiger partial charge in [0.1, 0.15) is 6.04 Å². The van der Waals surface area contributed by atoms with Crippen molar-refractivity contribution in [2.24, 2.45) is 0 Å². The monoisotopic (exact) mass is 366 g/mol. The third kappa shape index (κ3) is 3.11. The van der Waals surface area contributed by atoms with E-state index in [4.69, 9.17) is 0 Å². The molecule has 2 aliphatic rings. The van der Waals surface area contributed by atoms with Crippen LogP contribution in [0.5, 0.6) is 0 Å². The number of aryl methyl sites for hydroxylation is 1. The van der Waals surface area contributed by atoms with Crippen molar-refractivity contribution in [2.75, 3.05) is 11.9 Å². The van der Waals surface area contributed by atoms with Crippen LogP contribution >= 0.6 is 0 Å². The second kappa shape index (κ2) is 5.96. The Morgan fingerprint density at radius 3 is 2.69 bits per heavy atom. The first-order valence-electron chi connectivity index (χ1n) is 8.37. The van der Waals surface area contributed by atoms with Crippen molar-refractivity contribution in [3.8, 4) is 0 Å². The van der Waals surface area contributed by atoms with Crippen LogP contribution in [0.3, 0.4) is 0 Å². The van der Waals surface area contributed by atoms with Crippen LogP contribution in [-0.4, -0.2) is 32.2 Å². The first-order valence-corrected chi connectivity index (χ1v) is 8.37. The summed E-state index contributed by atoms with van der Waals surface area (Å²) < 4.78 is 40.9. The number of rotatable bonds is 4. The van der Waals surface area contributed by atoms with E-state index in [2.05, 4.69) is 25.7 Å². The van der Waals surface area contributed by atoms with Crippen molar-refractivity contribution in [1.82, 2.24) is 25.1 Å². The molecular formula is C16H17F3N6O. The van der Waals surface area contributed by atoms with E-state index in [0.717, 1.165) is 6.20 Å². The molecule has 2 aromatic rings. The molecule has 2 fully saturated rings. The number of anilines is 2. The topological polar surface area (TPSA) is 84.7 Å². The molecule has 2 N–H and O–H groups in total. The van der Waals surface area contributed by atoms with Crippen molar-refractivity contribution in [1.29, 1.82) is 0 Å². The molecule has 0 aromatic carbocycles. The Bertz CT molecular complexity index is 858. The smallest absolute Gasteiger partial charge is 0.354 e. The molecule has 138 valence electrons. The molecule has 1 amide bonds. The molecule has 0 bridgehead atoms. The van der Waals surface area contributed by atoms with E-state index in [0.29, 0.717) is 37.2 Å². The van der Waals surface area contributed by atoms with Crippen molar-refractivity contribution >= 4 is 17.5 Å². The molecule has 0 spiro atoms. The number of nitrogens with zero attached hydrogens (tertiary/aromatic N) is 4. The van der Waals surface area contributed by atoms with E-state index in [-0.39, 0.29) is 29.5 Å². The molecule has 4 rings (SSSR count). The molecular weight excluding hydrogens is 349 g/mol. The fourth-order valence-corrected chi connectivity index (χ4v) is 3.06. The number of hydrogen-bond acceptors (Lipinski definition) is 5. The highest BCUT2D eigenvalue weighted by Crippen LogP contribution is 2.45. The highest BCUT2D eigenvalue weighted by molar-refractivity contribution is 5.82. The number of carbonyl (C=O) groups excluding carboxylic acids is 1. The Hall–Kier alpha value is -2.65. The second-order valence-corrected chi connectivity index (χ2v) is 6.59.